The zero-order valence-corrected chi connectivity index (χ0v) is 17.2. The summed E-state index contributed by atoms with van der Waals surface area (Å²) in [7, 11) is 0. The molecule has 0 aliphatic carbocycles. The number of aryl methyl sites for hydroxylation is 1. The van der Waals surface area contributed by atoms with Gasteiger partial charge >= 0.3 is 6.03 Å². The number of aromatic nitrogens is 1. The molecule has 4 amide bonds. The molecule has 3 heterocycles. The molecule has 1 aromatic heterocycles. The first kappa shape index (κ1) is 20.8. The molecular weight excluding hydrogens is 401 g/mol. The molecule has 2 aliphatic heterocycles. The number of halogens is 1. The van der Waals surface area contributed by atoms with Crippen LogP contribution in [0.5, 0.6) is 0 Å². The van der Waals surface area contributed by atoms with E-state index in [0.717, 1.165) is 5.69 Å². The number of hydrogen-bond acceptors (Lipinski definition) is 5. The van der Waals surface area contributed by atoms with Crippen LogP contribution in [0.25, 0.3) is 0 Å². The molecule has 1 aromatic carbocycles. The Kier molecular flexibility index (Phi) is 5.58. The Morgan fingerprint density at radius 1 is 1.13 bits per heavy atom. The third kappa shape index (κ3) is 4.21. The Bertz CT molecular complexity index is 1020. The SMILES string of the molecule is Cc1cccc(C2(CCC(=O)N3CCN(c4cccc(F)c4)CC3)NC(=O)NC2=O)n1. The predicted molar refractivity (Wildman–Crippen MR) is 112 cm³/mol. The van der Waals surface area contributed by atoms with Crippen LogP contribution in [-0.2, 0) is 15.1 Å². The van der Waals surface area contributed by atoms with E-state index >= 15 is 0 Å². The highest BCUT2D eigenvalue weighted by Gasteiger charge is 2.49. The van der Waals surface area contributed by atoms with Crippen LogP contribution in [0, 0.1) is 12.7 Å². The number of benzene rings is 1. The Morgan fingerprint density at radius 2 is 1.87 bits per heavy atom. The second kappa shape index (κ2) is 8.33. The molecule has 2 saturated heterocycles. The van der Waals surface area contributed by atoms with Crippen LogP contribution in [0.1, 0.15) is 24.2 Å². The van der Waals surface area contributed by atoms with Crippen molar-refractivity contribution >= 4 is 23.5 Å². The monoisotopic (exact) mass is 425 g/mol. The minimum absolute atomic E-state index is 0.0866. The van der Waals surface area contributed by atoms with Crippen LogP contribution in [0.15, 0.2) is 42.5 Å². The number of urea groups is 1. The van der Waals surface area contributed by atoms with Gasteiger partial charge in [0.2, 0.25) is 5.91 Å². The molecule has 9 heteroatoms. The zero-order valence-electron chi connectivity index (χ0n) is 17.2. The van der Waals surface area contributed by atoms with Crippen LogP contribution in [-0.4, -0.2) is 53.9 Å². The number of nitrogens with zero attached hydrogens (tertiary/aromatic N) is 3. The van der Waals surface area contributed by atoms with Crippen molar-refractivity contribution < 1.29 is 18.8 Å². The van der Waals surface area contributed by atoms with Crippen molar-refractivity contribution in [3.05, 3.63) is 59.7 Å². The fraction of sp³-hybridized carbons (Fsp3) is 0.364. The molecule has 2 aliphatic rings. The predicted octanol–water partition coefficient (Wildman–Crippen LogP) is 1.69. The summed E-state index contributed by atoms with van der Waals surface area (Å²) in [6.45, 7) is 4.00. The van der Waals surface area contributed by atoms with Crippen LogP contribution in [0.3, 0.4) is 0 Å². The fourth-order valence-electron chi connectivity index (χ4n) is 4.10. The maximum absolute atomic E-state index is 13.5. The smallest absolute Gasteiger partial charge is 0.322 e. The average Bonchev–Trinajstić information content (AvgIpc) is 3.06. The van der Waals surface area contributed by atoms with Crippen LogP contribution >= 0.6 is 0 Å². The Morgan fingerprint density at radius 3 is 2.52 bits per heavy atom. The lowest BCUT2D eigenvalue weighted by atomic mass is 9.88. The van der Waals surface area contributed by atoms with Crippen molar-refractivity contribution in [2.24, 2.45) is 0 Å². The Labute approximate surface area is 179 Å². The van der Waals surface area contributed by atoms with Gasteiger partial charge < -0.3 is 15.1 Å². The van der Waals surface area contributed by atoms with Crippen molar-refractivity contribution in [3.63, 3.8) is 0 Å². The van der Waals surface area contributed by atoms with Gasteiger partial charge in [0.15, 0.2) is 5.54 Å². The summed E-state index contributed by atoms with van der Waals surface area (Å²) in [5.41, 5.74) is 0.564. The van der Waals surface area contributed by atoms with Gasteiger partial charge in [0.05, 0.1) is 5.69 Å². The van der Waals surface area contributed by atoms with Gasteiger partial charge in [-0.25, -0.2) is 9.18 Å². The largest absolute Gasteiger partial charge is 0.368 e. The highest BCUT2D eigenvalue weighted by molar-refractivity contribution is 6.07. The number of carbonyl (C=O) groups excluding carboxylic acids is 3. The van der Waals surface area contributed by atoms with E-state index in [1.54, 1.807) is 36.1 Å². The molecule has 2 fully saturated rings. The van der Waals surface area contributed by atoms with Crippen molar-refractivity contribution in [3.8, 4) is 0 Å². The molecule has 4 rings (SSSR count). The van der Waals surface area contributed by atoms with Crippen molar-refractivity contribution in [1.82, 2.24) is 20.5 Å². The number of amides is 4. The summed E-state index contributed by atoms with van der Waals surface area (Å²) in [6, 6.07) is 11.1. The summed E-state index contributed by atoms with van der Waals surface area (Å²) in [5.74, 6) is -0.887. The van der Waals surface area contributed by atoms with Gasteiger partial charge in [0, 0.05) is 44.0 Å². The normalized spacial score (nSPS) is 21.1. The fourth-order valence-corrected chi connectivity index (χ4v) is 4.10. The van der Waals surface area contributed by atoms with Crippen LogP contribution in [0.4, 0.5) is 14.9 Å². The van der Waals surface area contributed by atoms with Gasteiger partial charge in [-0.3, -0.25) is 19.9 Å². The number of imide groups is 1. The number of pyridine rings is 1. The first-order chi connectivity index (χ1) is 14.9. The molecule has 31 heavy (non-hydrogen) atoms. The Hall–Kier alpha value is -3.49. The second-order valence-corrected chi connectivity index (χ2v) is 7.83. The minimum atomic E-state index is -1.36. The molecule has 0 bridgehead atoms. The quantitative estimate of drug-likeness (QED) is 0.711. The van der Waals surface area contributed by atoms with Gasteiger partial charge in [-0.2, -0.15) is 0 Å². The molecule has 1 atom stereocenters. The van der Waals surface area contributed by atoms with E-state index in [0.29, 0.717) is 37.6 Å². The highest BCUT2D eigenvalue weighted by atomic mass is 19.1. The van der Waals surface area contributed by atoms with Crippen LogP contribution in [0.2, 0.25) is 0 Å². The number of piperazine rings is 1. The molecule has 162 valence electrons. The lowest BCUT2D eigenvalue weighted by Crippen LogP contribution is -2.50. The average molecular weight is 425 g/mol. The third-order valence-corrected chi connectivity index (χ3v) is 5.79. The van der Waals surface area contributed by atoms with Crippen molar-refractivity contribution in [2.45, 2.75) is 25.3 Å². The van der Waals surface area contributed by atoms with E-state index in [-0.39, 0.29) is 24.6 Å². The molecule has 0 radical (unpaired) electrons. The van der Waals surface area contributed by atoms with Crippen molar-refractivity contribution in [2.75, 3.05) is 31.1 Å². The van der Waals surface area contributed by atoms with Gasteiger partial charge in [-0.15, -0.1) is 0 Å². The third-order valence-electron chi connectivity index (χ3n) is 5.79. The zero-order chi connectivity index (χ0) is 22.0. The number of anilines is 1. The highest BCUT2D eigenvalue weighted by Crippen LogP contribution is 2.29. The van der Waals surface area contributed by atoms with Gasteiger partial charge in [-0.1, -0.05) is 12.1 Å². The molecule has 2 N–H and O–H groups in total. The molecular formula is C22H24FN5O3. The molecule has 0 spiro atoms. The summed E-state index contributed by atoms with van der Waals surface area (Å²) in [4.78, 5) is 45.6. The first-order valence-corrected chi connectivity index (χ1v) is 10.2. The Balaban J connectivity index is 1.41. The van der Waals surface area contributed by atoms with E-state index in [2.05, 4.69) is 15.6 Å². The summed E-state index contributed by atoms with van der Waals surface area (Å²) in [6.07, 6.45) is 0.202. The minimum Gasteiger partial charge on any atom is -0.368 e. The number of nitrogens with one attached hydrogen (secondary N) is 2. The number of carbonyl (C=O) groups is 3. The number of rotatable bonds is 5. The van der Waals surface area contributed by atoms with E-state index in [4.69, 9.17) is 0 Å². The molecule has 1 unspecified atom stereocenters. The van der Waals surface area contributed by atoms with E-state index in [1.165, 1.54) is 12.1 Å². The van der Waals surface area contributed by atoms with E-state index in [1.807, 2.05) is 11.0 Å². The second-order valence-electron chi connectivity index (χ2n) is 7.83. The van der Waals surface area contributed by atoms with Gasteiger partial charge in [-0.05, 0) is 43.7 Å². The summed E-state index contributed by atoms with van der Waals surface area (Å²) in [5, 5.41) is 4.94. The van der Waals surface area contributed by atoms with Crippen molar-refractivity contribution in [1.29, 1.82) is 0 Å². The maximum atomic E-state index is 13.5. The molecule has 0 saturated carbocycles. The standard InChI is InChI=1S/C22H24FN5O3/c1-15-4-2-7-18(24-15)22(20(30)25-21(31)26-22)9-8-19(29)28-12-10-27(11-13-28)17-6-3-5-16(23)14-17/h2-7,14H,8-13H2,1H3,(H2,25,26,30,31). The molecule has 8 nitrogen and oxygen atoms in total. The lowest BCUT2D eigenvalue weighted by molar-refractivity contribution is -0.132. The topological polar surface area (TPSA) is 94.6 Å². The summed E-state index contributed by atoms with van der Waals surface area (Å²) >= 11 is 0. The van der Waals surface area contributed by atoms with E-state index < -0.39 is 17.5 Å². The van der Waals surface area contributed by atoms with Gasteiger partial charge in [0.1, 0.15) is 5.82 Å². The van der Waals surface area contributed by atoms with Gasteiger partial charge in [0.25, 0.3) is 5.91 Å². The first-order valence-electron chi connectivity index (χ1n) is 10.2. The lowest BCUT2D eigenvalue weighted by Gasteiger charge is -2.36. The van der Waals surface area contributed by atoms with Crippen LogP contribution < -0.4 is 15.5 Å². The molecule has 2 aromatic rings. The summed E-state index contributed by atoms with van der Waals surface area (Å²) < 4.78 is 13.5. The number of hydrogen-bond donors (Lipinski definition) is 2. The maximum Gasteiger partial charge on any atom is 0.322 e. The van der Waals surface area contributed by atoms with E-state index in [9.17, 15) is 18.8 Å².